The predicted molar refractivity (Wildman–Crippen MR) is 81.8 cm³/mol. The van der Waals surface area contributed by atoms with E-state index in [1.165, 1.54) is 5.56 Å². The van der Waals surface area contributed by atoms with Crippen LogP contribution >= 0.6 is 0 Å². The van der Waals surface area contributed by atoms with Gasteiger partial charge in [-0.1, -0.05) is 26.0 Å². The minimum Gasteiger partial charge on any atom is -0.437 e. The number of fused-ring (bicyclic) bond motifs is 1. The van der Waals surface area contributed by atoms with Crippen LogP contribution in [0.3, 0.4) is 0 Å². The van der Waals surface area contributed by atoms with Crippen molar-refractivity contribution < 1.29 is 4.74 Å². The Bertz CT molecular complexity index is 766. The molecule has 0 saturated heterocycles. The van der Waals surface area contributed by atoms with Gasteiger partial charge < -0.3 is 15.0 Å². The Labute approximate surface area is 122 Å². The number of hydrogen-bond donors (Lipinski definition) is 2. The normalized spacial score (nSPS) is 11.0. The lowest BCUT2D eigenvalue weighted by molar-refractivity contribution is 0.467. The molecule has 6 heteroatoms. The molecule has 2 aromatic heterocycles. The molecule has 108 valence electrons. The summed E-state index contributed by atoms with van der Waals surface area (Å²) >= 11 is 0. The maximum atomic E-state index is 5.92. The zero-order chi connectivity index (χ0) is 14.8. The van der Waals surface area contributed by atoms with Gasteiger partial charge in [-0.25, -0.2) is 4.98 Å². The highest BCUT2D eigenvalue weighted by Crippen LogP contribution is 2.28. The summed E-state index contributed by atoms with van der Waals surface area (Å²) < 4.78 is 5.92. The number of nitrogens with one attached hydrogen (secondary N) is 2. The van der Waals surface area contributed by atoms with Gasteiger partial charge in [0.2, 0.25) is 5.95 Å². The van der Waals surface area contributed by atoms with E-state index in [1.54, 1.807) is 13.4 Å². The molecule has 0 bridgehead atoms. The van der Waals surface area contributed by atoms with Crippen LogP contribution in [0, 0.1) is 0 Å². The lowest BCUT2D eigenvalue weighted by Crippen LogP contribution is -1.99. The van der Waals surface area contributed by atoms with E-state index in [0.29, 0.717) is 28.9 Å². The Balaban J connectivity index is 2.01. The Kier molecular flexibility index (Phi) is 3.43. The van der Waals surface area contributed by atoms with E-state index < -0.39 is 0 Å². The molecule has 21 heavy (non-hydrogen) atoms. The molecule has 2 N–H and O–H groups in total. The second-order valence-electron chi connectivity index (χ2n) is 5.03. The average molecular weight is 283 g/mol. The summed E-state index contributed by atoms with van der Waals surface area (Å²) in [6.45, 7) is 4.30. The number of aromatic amines is 1. The number of imidazole rings is 1. The molecule has 3 rings (SSSR count). The Morgan fingerprint density at radius 2 is 2.10 bits per heavy atom. The molecule has 0 fully saturated rings. The van der Waals surface area contributed by atoms with Crippen LogP contribution in [0.25, 0.3) is 11.2 Å². The Morgan fingerprint density at radius 3 is 2.86 bits per heavy atom. The largest absolute Gasteiger partial charge is 0.437 e. The van der Waals surface area contributed by atoms with Crippen molar-refractivity contribution in [3.63, 3.8) is 0 Å². The first-order chi connectivity index (χ1) is 10.2. The number of benzene rings is 1. The number of rotatable bonds is 4. The number of hydrogen-bond acceptors (Lipinski definition) is 5. The zero-order valence-electron chi connectivity index (χ0n) is 12.2. The van der Waals surface area contributed by atoms with Gasteiger partial charge in [0.15, 0.2) is 5.65 Å². The minimum absolute atomic E-state index is 0.444. The van der Waals surface area contributed by atoms with Crippen LogP contribution in [0.4, 0.5) is 5.95 Å². The molecule has 0 aliphatic carbocycles. The molecule has 0 radical (unpaired) electrons. The van der Waals surface area contributed by atoms with Gasteiger partial charge in [0, 0.05) is 7.05 Å². The van der Waals surface area contributed by atoms with E-state index in [4.69, 9.17) is 4.74 Å². The van der Waals surface area contributed by atoms with E-state index in [2.05, 4.69) is 45.2 Å². The third-order valence-corrected chi connectivity index (χ3v) is 3.22. The molecule has 1 aromatic carbocycles. The topological polar surface area (TPSA) is 75.7 Å². The molecule has 3 aromatic rings. The van der Waals surface area contributed by atoms with Crippen LogP contribution < -0.4 is 10.1 Å². The van der Waals surface area contributed by atoms with Crippen LogP contribution in [0.15, 0.2) is 30.6 Å². The molecule has 0 saturated carbocycles. The van der Waals surface area contributed by atoms with Crippen LogP contribution in [-0.2, 0) is 0 Å². The number of anilines is 1. The highest BCUT2D eigenvalue weighted by molar-refractivity contribution is 5.77. The van der Waals surface area contributed by atoms with Crippen LogP contribution in [0.1, 0.15) is 25.3 Å². The van der Waals surface area contributed by atoms with Gasteiger partial charge in [0.05, 0.1) is 6.33 Å². The highest BCUT2D eigenvalue weighted by atomic mass is 16.5. The molecule has 0 atom stereocenters. The van der Waals surface area contributed by atoms with Gasteiger partial charge in [0.25, 0.3) is 5.88 Å². The van der Waals surface area contributed by atoms with Gasteiger partial charge in [0.1, 0.15) is 11.3 Å². The maximum absolute atomic E-state index is 5.92. The van der Waals surface area contributed by atoms with Gasteiger partial charge in [-0.3, -0.25) is 0 Å². The molecule has 2 heterocycles. The number of ether oxygens (including phenoxy) is 1. The second-order valence-corrected chi connectivity index (χ2v) is 5.03. The molecule has 0 aliphatic heterocycles. The van der Waals surface area contributed by atoms with Crippen molar-refractivity contribution in [1.29, 1.82) is 0 Å². The molecule has 6 nitrogen and oxygen atoms in total. The third-order valence-electron chi connectivity index (χ3n) is 3.22. The number of H-pyrrole nitrogens is 1. The van der Waals surface area contributed by atoms with E-state index in [9.17, 15) is 0 Å². The summed E-state index contributed by atoms with van der Waals surface area (Å²) in [5.41, 5.74) is 2.48. The predicted octanol–water partition coefficient (Wildman–Crippen LogP) is 3.31. The number of aromatic nitrogens is 4. The minimum atomic E-state index is 0.444. The number of nitrogens with zero attached hydrogens (tertiary/aromatic N) is 3. The highest BCUT2D eigenvalue weighted by Gasteiger charge is 2.12. The maximum Gasteiger partial charge on any atom is 0.250 e. The third kappa shape index (κ3) is 2.65. The van der Waals surface area contributed by atoms with Crippen LogP contribution in [0.2, 0.25) is 0 Å². The van der Waals surface area contributed by atoms with Gasteiger partial charge >= 0.3 is 0 Å². The molecule has 0 aliphatic rings. The summed E-state index contributed by atoms with van der Waals surface area (Å²) in [4.78, 5) is 15.8. The van der Waals surface area contributed by atoms with E-state index >= 15 is 0 Å². The summed E-state index contributed by atoms with van der Waals surface area (Å²) in [5, 5.41) is 2.91. The second kappa shape index (κ2) is 5.40. The van der Waals surface area contributed by atoms with Crippen molar-refractivity contribution in [2.75, 3.05) is 12.4 Å². The Hall–Kier alpha value is -2.63. The first-order valence-corrected chi connectivity index (χ1v) is 6.84. The Morgan fingerprint density at radius 1 is 1.24 bits per heavy atom. The SMILES string of the molecule is CNc1nc(Oc2cccc(C(C)C)c2)c2[nH]cnc2n1. The molecular weight excluding hydrogens is 266 g/mol. The van der Waals surface area contributed by atoms with Gasteiger partial charge in [-0.15, -0.1) is 0 Å². The molecule has 0 unspecified atom stereocenters. The fourth-order valence-electron chi connectivity index (χ4n) is 2.04. The van der Waals surface area contributed by atoms with Crippen molar-refractivity contribution in [3.05, 3.63) is 36.2 Å². The van der Waals surface area contributed by atoms with E-state index in [1.807, 2.05) is 18.2 Å². The van der Waals surface area contributed by atoms with Crippen molar-refractivity contribution in [3.8, 4) is 11.6 Å². The summed E-state index contributed by atoms with van der Waals surface area (Å²) in [6, 6.07) is 8.00. The summed E-state index contributed by atoms with van der Waals surface area (Å²) in [6.07, 6.45) is 1.58. The van der Waals surface area contributed by atoms with Crippen LogP contribution in [-0.4, -0.2) is 27.0 Å². The van der Waals surface area contributed by atoms with Crippen molar-refractivity contribution in [2.24, 2.45) is 0 Å². The standard InChI is InChI=1S/C15H17N5O/c1-9(2)10-5-4-6-11(7-10)21-14-12-13(18-8-17-12)19-15(16-3)20-14/h4-9H,1-3H3,(H2,16,17,18,19,20). The molecule has 0 spiro atoms. The van der Waals surface area contributed by atoms with Crippen LogP contribution in [0.5, 0.6) is 11.6 Å². The van der Waals surface area contributed by atoms with Crippen molar-refractivity contribution >= 4 is 17.1 Å². The lowest BCUT2D eigenvalue weighted by Gasteiger charge is -2.10. The lowest BCUT2D eigenvalue weighted by atomic mass is 10.0. The van der Waals surface area contributed by atoms with Crippen molar-refractivity contribution in [1.82, 2.24) is 19.9 Å². The monoisotopic (exact) mass is 283 g/mol. The quantitative estimate of drug-likeness (QED) is 0.768. The van der Waals surface area contributed by atoms with E-state index in [0.717, 1.165) is 5.75 Å². The smallest absolute Gasteiger partial charge is 0.250 e. The summed E-state index contributed by atoms with van der Waals surface area (Å²) in [7, 11) is 1.76. The fraction of sp³-hybridized carbons (Fsp3) is 0.267. The first-order valence-electron chi connectivity index (χ1n) is 6.84. The molecular formula is C15H17N5O. The van der Waals surface area contributed by atoms with Crippen molar-refractivity contribution in [2.45, 2.75) is 19.8 Å². The van der Waals surface area contributed by atoms with Gasteiger partial charge in [-0.05, 0) is 23.6 Å². The average Bonchev–Trinajstić information content (AvgIpc) is 2.96. The summed E-state index contributed by atoms with van der Waals surface area (Å²) in [5.74, 6) is 2.13. The van der Waals surface area contributed by atoms with Gasteiger partial charge in [-0.2, -0.15) is 9.97 Å². The first kappa shape index (κ1) is 13.4. The molecule has 0 amide bonds. The zero-order valence-corrected chi connectivity index (χ0v) is 12.2. The van der Waals surface area contributed by atoms with E-state index in [-0.39, 0.29) is 0 Å². The fourth-order valence-corrected chi connectivity index (χ4v) is 2.04.